The van der Waals surface area contributed by atoms with Crippen LogP contribution in [0.15, 0.2) is 59.1 Å². The standard InChI is InChI=1S/C22H22N4O5S/c1-29-12-11-25-21(20(24-22(25)32)16-5-3-4-10-23-16)18-9-8-17(31-18)15-7-6-14(26(27)28)13-19(15)30-2/h3-10,13,20-21H,11-12H2,1-2H3,(H,24,32)/t20-,21-/m1/s1. The molecule has 1 aromatic carbocycles. The van der Waals surface area contributed by atoms with E-state index in [1.807, 2.05) is 35.2 Å². The minimum atomic E-state index is -0.462. The maximum absolute atomic E-state index is 11.1. The first-order valence-corrected chi connectivity index (χ1v) is 10.3. The fourth-order valence-corrected chi connectivity index (χ4v) is 4.13. The highest BCUT2D eigenvalue weighted by molar-refractivity contribution is 7.80. The summed E-state index contributed by atoms with van der Waals surface area (Å²) in [5.74, 6) is 1.58. The Kier molecular flexibility index (Phi) is 6.33. The normalized spacial score (nSPS) is 17.9. The van der Waals surface area contributed by atoms with Gasteiger partial charge in [-0.3, -0.25) is 15.1 Å². The van der Waals surface area contributed by atoms with Crippen molar-refractivity contribution in [3.63, 3.8) is 0 Å². The second kappa shape index (κ2) is 9.33. The van der Waals surface area contributed by atoms with Crippen LogP contribution in [0.4, 0.5) is 5.69 Å². The summed E-state index contributed by atoms with van der Waals surface area (Å²) < 4.78 is 16.9. The van der Waals surface area contributed by atoms with Crippen molar-refractivity contribution >= 4 is 23.0 Å². The van der Waals surface area contributed by atoms with Gasteiger partial charge in [0.25, 0.3) is 5.69 Å². The second-order valence-corrected chi connectivity index (χ2v) is 7.54. The molecule has 0 aliphatic carbocycles. The Bertz CT molecular complexity index is 1120. The summed E-state index contributed by atoms with van der Waals surface area (Å²) in [6.07, 6.45) is 1.74. The molecule has 1 N–H and O–H groups in total. The van der Waals surface area contributed by atoms with Gasteiger partial charge in [-0.05, 0) is 42.5 Å². The Morgan fingerprint density at radius 1 is 1.25 bits per heavy atom. The van der Waals surface area contributed by atoms with Crippen LogP contribution in [0, 0.1) is 10.1 Å². The van der Waals surface area contributed by atoms with Crippen molar-refractivity contribution < 1.29 is 18.8 Å². The molecule has 3 aromatic rings. The first-order chi connectivity index (χ1) is 15.5. The predicted molar refractivity (Wildman–Crippen MR) is 121 cm³/mol. The first kappa shape index (κ1) is 21.7. The Morgan fingerprint density at radius 3 is 2.78 bits per heavy atom. The molecule has 1 aliphatic rings. The van der Waals surface area contributed by atoms with E-state index in [2.05, 4.69) is 10.3 Å². The van der Waals surface area contributed by atoms with Crippen molar-refractivity contribution in [3.05, 3.63) is 76.3 Å². The van der Waals surface area contributed by atoms with Crippen LogP contribution in [0.25, 0.3) is 11.3 Å². The Morgan fingerprint density at radius 2 is 2.09 bits per heavy atom. The van der Waals surface area contributed by atoms with Gasteiger partial charge in [0.05, 0.1) is 42.0 Å². The molecule has 166 valence electrons. The van der Waals surface area contributed by atoms with Gasteiger partial charge in [0.1, 0.15) is 23.3 Å². The summed E-state index contributed by atoms with van der Waals surface area (Å²) in [5, 5.41) is 15.0. The number of nitrogens with one attached hydrogen (secondary N) is 1. The molecule has 0 spiro atoms. The highest BCUT2D eigenvalue weighted by Crippen LogP contribution is 2.41. The number of ether oxygens (including phenoxy) is 2. The maximum Gasteiger partial charge on any atom is 0.273 e. The molecule has 1 saturated heterocycles. The van der Waals surface area contributed by atoms with Crippen LogP contribution < -0.4 is 10.1 Å². The summed E-state index contributed by atoms with van der Waals surface area (Å²) in [6.45, 7) is 1.07. The number of nitro groups is 1. The van der Waals surface area contributed by atoms with Crippen molar-refractivity contribution in [3.8, 4) is 17.1 Å². The number of non-ortho nitro benzene ring substituents is 1. The average Bonchev–Trinajstić information content (AvgIpc) is 3.42. The summed E-state index contributed by atoms with van der Waals surface area (Å²) in [7, 11) is 3.11. The van der Waals surface area contributed by atoms with Crippen LogP contribution in [0.2, 0.25) is 0 Å². The largest absolute Gasteiger partial charge is 0.496 e. The predicted octanol–water partition coefficient (Wildman–Crippen LogP) is 3.88. The van der Waals surface area contributed by atoms with Crippen molar-refractivity contribution in [2.75, 3.05) is 27.4 Å². The van der Waals surface area contributed by atoms with E-state index in [1.54, 1.807) is 19.4 Å². The van der Waals surface area contributed by atoms with Crippen molar-refractivity contribution in [1.29, 1.82) is 0 Å². The molecule has 0 bridgehead atoms. The number of furan rings is 1. The molecular weight excluding hydrogens is 432 g/mol. The highest BCUT2D eigenvalue weighted by atomic mass is 32.1. The lowest BCUT2D eigenvalue weighted by Crippen LogP contribution is -2.32. The summed E-state index contributed by atoms with van der Waals surface area (Å²) >= 11 is 5.59. The van der Waals surface area contributed by atoms with E-state index in [0.717, 1.165) is 5.69 Å². The molecule has 0 amide bonds. The lowest BCUT2D eigenvalue weighted by molar-refractivity contribution is -0.384. The van der Waals surface area contributed by atoms with E-state index in [1.165, 1.54) is 19.2 Å². The minimum absolute atomic E-state index is 0.0521. The average molecular weight is 455 g/mol. The second-order valence-electron chi connectivity index (χ2n) is 7.16. The number of nitro benzene ring substituents is 1. The van der Waals surface area contributed by atoms with Gasteiger partial charge in [0.2, 0.25) is 0 Å². The smallest absolute Gasteiger partial charge is 0.273 e. The van der Waals surface area contributed by atoms with Crippen LogP contribution in [-0.4, -0.2) is 47.3 Å². The molecular formula is C22H22N4O5S. The molecule has 9 nitrogen and oxygen atoms in total. The quantitative estimate of drug-likeness (QED) is 0.308. The highest BCUT2D eigenvalue weighted by Gasteiger charge is 2.41. The van der Waals surface area contributed by atoms with Crippen molar-refractivity contribution in [1.82, 2.24) is 15.2 Å². The van der Waals surface area contributed by atoms with Gasteiger partial charge in [-0.25, -0.2) is 0 Å². The Hall–Kier alpha value is -3.50. The van der Waals surface area contributed by atoms with E-state index < -0.39 is 4.92 Å². The fraction of sp³-hybridized carbons (Fsp3) is 0.273. The third kappa shape index (κ3) is 4.14. The molecule has 10 heteroatoms. The number of thiocarbonyl (C=S) groups is 1. The van der Waals surface area contributed by atoms with Crippen molar-refractivity contribution in [2.45, 2.75) is 12.1 Å². The van der Waals surface area contributed by atoms with E-state index in [9.17, 15) is 10.1 Å². The number of nitrogens with zero attached hydrogens (tertiary/aromatic N) is 3. The first-order valence-electron chi connectivity index (χ1n) is 9.93. The third-order valence-electron chi connectivity index (χ3n) is 5.31. The molecule has 32 heavy (non-hydrogen) atoms. The fourth-order valence-electron chi connectivity index (χ4n) is 3.80. The molecule has 3 heterocycles. The summed E-state index contributed by atoms with van der Waals surface area (Å²) in [5.41, 5.74) is 1.41. The van der Waals surface area contributed by atoms with Crippen LogP contribution in [0.3, 0.4) is 0 Å². The Balaban J connectivity index is 1.72. The lowest BCUT2D eigenvalue weighted by Gasteiger charge is -2.25. The molecule has 1 fully saturated rings. The topological polar surface area (TPSA) is 103 Å². The van der Waals surface area contributed by atoms with E-state index in [0.29, 0.717) is 41.1 Å². The number of benzene rings is 1. The van der Waals surface area contributed by atoms with Crippen molar-refractivity contribution in [2.24, 2.45) is 0 Å². The van der Waals surface area contributed by atoms with E-state index in [-0.39, 0.29) is 17.8 Å². The maximum atomic E-state index is 11.1. The zero-order chi connectivity index (χ0) is 22.7. The molecule has 4 rings (SSSR count). The molecule has 0 radical (unpaired) electrons. The summed E-state index contributed by atoms with van der Waals surface area (Å²) in [4.78, 5) is 17.2. The summed E-state index contributed by atoms with van der Waals surface area (Å²) in [6, 6.07) is 13.4. The van der Waals surface area contributed by atoms with Gasteiger partial charge < -0.3 is 24.1 Å². The lowest BCUT2D eigenvalue weighted by atomic mass is 10.0. The minimum Gasteiger partial charge on any atom is -0.496 e. The van der Waals surface area contributed by atoms with Crippen LogP contribution in [0.5, 0.6) is 5.75 Å². The molecule has 2 aromatic heterocycles. The van der Waals surface area contributed by atoms with Crippen LogP contribution in [-0.2, 0) is 4.74 Å². The molecule has 1 aliphatic heterocycles. The monoisotopic (exact) mass is 454 g/mol. The molecule has 0 unspecified atom stereocenters. The molecule has 0 saturated carbocycles. The SMILES string of the molecule is COCCN1C(=S)N[C@H](c2ccccn2)[C@H]1c1ccc(-c2ccc([N+](=O)[O-])cc2OC)o1. The Labute approximate surface area is 190 Å². The number of aromatic nitrogens is 1. The van der Waals surface area contributed by atoms with Gasteiger partial charge in [-0.2, -0.15) is 0 Å². The van der Waals surface area contributed by atoms with E-state index in [4.69, 9.17) is 26.1 Å². The number of hydrogen-bond donors (Lipinski definition) is 1. The van der Waals surface area contributed by atoms with Gasteiger partial charge in [0, 0.05) is 25.9 Å². The van der Waals surface area contributed by atoms with E-state index >= 15 is 0 Å². The van der Waals surface area contributed by atoms with Gasteiger partial charge in [0.15, 0.2) is 5.11 Å². The van der Waals surface area contributed by atoms with Gasteiger partial charge in [-0.15, -0.1) is 0 Å². The van der Waals surface area contributed by atoms with Crippen LogP contribution in [0.1, 0.15) is 23.5 Å². The third-order valence-corrected chi connectivity index (χ3v) is 5.67. The number of rotatable bonds is 8. The van der Waals surface area contributed by atoms with Gasteiger partial charge in [-0.1, -0.05) is 6.07 Å². The number of hydrogen-bond acceptors (Lipinski definition) is 7. The van der Waals surface area contributed by atoms with Gasteiger partial charge >= 0.3 is 0 Å². The number of pyridine rings is 1. The zero-order valence-electron chi connectivity index (χ0n) is 17.6. The zero-order valence-corrected chi connectivity index (χ0v) is 18.4. The number of methoxy groups -OCH3 is 2. The molecule has 2 atom stereocenters. The van der Waals surface area contributed by atoms with Crippen LogP contribution >= 0.6 is 12.2 Å².